The van der Waals surface area contributed by atoms with E-state index in [1.165, 1.54) is 6.07 Å². The lowest BCUT2D eigenvalue weighted by molar-refractivity contribution is -0.384. The highest BCUT2D eigenvalue weighted by Gasteiger charge is 2.27. The number of benzene rings is 1. The lowest BCUT2D eigenvalue weighted by Gasteiger charge is -2.05. The van der Waals surface area contributed by atoms with Crippen LogP contribution >= 0.6 is 11.6 Å². The normalized spacial score (nSPS) is 14.4. The number of hydrogen-bond acceptors (Lipinski definition) is 4. The van der Waals surface area contributed by atoms with Gasteiger partial charge in [-0.25, -0.2) is 9.97 Å². The molecular formula is C13H10ClN3O2. The Balaban J connectivity index is 2.13. The van der Waals surface area contributed by atoms with E-state index in [0.717, 1.165) is 18.5 Å². The van der Waals surface area contributed by atoms with Gasteiger partial charge in [-0.3, -0.25) is 10.1 Å². The molecule has 1 heterocycles. The molecule has 1 aromatic heterocycles. The monoisotopic (exact) mass is 275 g/mol. The number of aromatic nitrogens is 2. The van der Waals surface area contributed by atoms with Gasteiger partial charge in [0, 0.05) is 17.7 Å². The first-order valence-electron chi connectivity index (χ1n) is 5.93. The van der Waals surface area contributed by atoms with Crippen molar-refractivity contribution >= 4 is 17.3 Å². The van der Waals surface area contributed by atoms with Crippen LogP contribution in [0.5, 0.6) is 0 Å². The average Bonchev–Trinajstić information content (AvgIpc) is 3.22. The van der Waals surface area contributed by atoms with Crippen LogP contribution in [0.4, 0.5) is 5.69 Å². The van der Waals surface area contributed by atoms with Crippen molar-refractivity contribution in [3.05, 3.63) is 51.3 Å². The van der Waals surface area contributed by atoms with Crippen molar-refractivity contribution in [2.24, 2.45) is 0 Å². The van der Waals surface area contributed by atoms with E-state index in [1.807, 2.05) is 0 Å². The summed E-state index contributed by atoms with van der Waals surface area (Å²) < 4.78 is 0. The van der Waals surface area contributed by atoms with E-state index < -0.39 is 4.92 Å². The van der Waals surface area contributed by atoms with Gasteiger partial charge in [0.05, 0.1) is 10.5 Å². The molecule has 0 bridgehead atoms. The molecule has 3 rings (SSSR count). The predicted molar refractivity (Wildman–Crippen MR) is 71.1 cm³/mol. The summed E-state index contributed by atoms with van der Waals surface area (Å²) in [6.45, 7) is 0. The topological polar surface area (TPSA) is 68.9 Å². The van der Waals surface area contributed by atoms with Crippen molar-refractivity contribution in [2.45, 2.75) is 18.8 Å². The van der Waals surface area contributed by atoms with E-state index in [1.54, 1.807) is 24.3 Å². The van der Waals surface area contributed by atoms with Crippen molar-refractivity contribution in [1.29, 1.82) is 0 Å². The van der Waals surface area contributed by atoms with E-state index in [-0.39, 0.29) is 5.69 Å². The molecule has 96 valence electrons. The zero-order valence-electron chi connectivity index (χ0n) is 9.91. The van der Waals surface area contributed by atoms with Crippen LogP contribution in [0, 0.1) is 10.1 Å². The maximum Gasteiger partial charge on any atom is 0.280 e. The second-order valence-electron chi connectivity index (χ2n) is 4.49. The Hall–Kier alpha value is -2.01. The van der Waals surface area contributed by atoms with Crippen LogP contribution in [0.2, 0.25) is 5.15 Å². The lowest BCUT2D eigenvalue weighted by Crippen LogP contribution is -1.98. The van der Waals surface area contributed by atoms with Crippen LogP contribution in [0.3, 0.4) is 0 Å². The molecule has 0 atom stereocenters. The summed E-state index contributed by atoms with van der Waals surface area (Å²) in [5, 5.41) is 11.4. The van der Waals surface area contributed by atoms with Gasteiger partial charge in [0.15, 0.2) is 5.82 Å². The maximum absolute atomic E-state index is 11.0. The van der Waals surface area contributed by atoms with E-state index >= 15 is 0 Å². The Morgan fingerprint density at radius 3 is 2.68 bits per heavy atom. The van der Waals surface area contributed by atoms with Crippen LogP contribution in [0.1, 0.15) is 24.5 Å². The highest BCUT2D eigenvalue weighted by atomic mass is 35.5. The van der Waals surface area contributed by atoms with Gasteiger partial charge >= 0.3 is 0 Å². The first-order chi connectivity index (χ1) is 9.15. The Morgan fingerprint density at radius 2 is 2.00 bits per heavy atom. The number of nitro benzene ring substituents is 1. The summed E-state index contributed by atoms with van der Waals surface area (Å²) in [5.41, 5.74) is 1.26. The molecule has 5 nitrogen and oxygen atoms in total. The minimum atomic E-state index is -0.434. The van der Waals surface area contributed by atoms with Crippen molar-refractivity contribution < 1.29 is 4.92 Å². The summed E-state index contributed by atoms with van der Waals surface area (Å²) in [6.07, 6.45) is 2.17. The van der Waals surface area contributed by atoms with Gasteiger partial charge in [0.2, 0.25) is 0 Å². The molecule has 1 saturated carbocycles. The number of halogens is 1. The molecule has 6 heteroatoms. The standard InChI is InChI=1S/C13H10ClN3O2/c14-12-7-10(8-5-6-8)15-13(16-12)9-3-1-2-4-11(9)17(18)19/h1-4,7-8H,5-6H2. The van der Waals surface area contributed by atoms with Crippen molar-refractivity contribution in [1.82, 2.24) is 9.97 Å². The van der Waals surface area contributed by atoms with Gasteiger partial charge in [-0.15, -0.1) is 0 Å². The molecule has 1 aliphatic carbocycles. The summed E-state index contributed by atoms with van der Waals surface area (Å²) in [6, 6.07) is 8.16. The summed E-state index contributed by atoms with van der Waals surface area (Å²) >= 11 is 5.98. The molecule has 1 aliphatic rings. The third-order valence-electron chi connectivity index (χ3n) is 3.05. The van der Waals surface area contributed by atoms with Gasteiger partial charge < -0.3 is 0 Å². The van der Waals surface area contributed by atoms with Gasteiger partial charge in [0.25, 0.3) is 5.69 Å². The van der Waals surface area contributed by atoms with Gasteiger partial charge in [-0.1, -0.05) is 23.7 Å². The van der Waals surface area contributed by atoms with Crippen LogP contribution in [0.15, 0.2) is 30.3 Å². The van der Waals surface area contributed by atoms with Crippen molar-refractivity contribution in [3.63, 3.8) is 0 Å². The molecule has 1 fully saturated rings. The molecule has 0 spiro atoms. The maximum atomic E-state index is 11.0. The fourth-order valence-electron chi connectivity index (χ4n) is 1.97. The van der Waals surface area contributed by atoms with Crippen LogP contribution in [0.25, 0.3) is 11.4 Å². The number of nitro groups is 1. The Bertz CT molecular complexity index is 656. The van der Waals surface area contributed by atoms with Crippen molar-refractivity contribution in [3.8, 4) is 11.4 Å². The van der Waals surface area contributed by atoms with Crippen molar-refractivity contribution in [2.75, 3.05) is 0 Å². The summed E-state index contributed by atoms with van der Waals surface area (Å²) in [4.78, 5) is 19.1. The van der Waals surface area contributed by atoms with Crippen LogP contribution in [-0.4, -0.2) is 14.9 Å². The van der Waals surface area contributed by atoms with Gasteiger partial charge in [-0.05, 0) is 25.0 Å². The number of nitrogens with zero attached hydrogens (tertiary/aromatic N) is 3. The predicted octanol–water partition coefficient (Wildman–Crippen LogP) is 3.58. The second-order valence-corrected chi connectivity index (χ2v) is 4.87. The minimum absolute atomic E-state index is 0.00786. The lowest BCUT2D eigenvalue weighted by atomic mass is 10.1. The highest BCUT2D eigenvalue weighted by molar-refractivity contribution is 6.29. The summed E-state index contributed by atoms with van der Waals surface area (Å²) in [7, 11) is 0. The van der Waals surface area contributed by atoms with Crippen LogP contribution < -0.4 is 0 Å². The van der Waals surface area contributed by atoms with E-state index in [4.69, 9.17) is 11.6 Å². The Labute approximate surface area is 114 Å². The van der Waals surface area contributed by atoms with Gasteiger partial charge in [-0.2, -0.15) is 0 Å². The van der Waals surface area contributed by atoms with E-state index in [9.17, 15) is 10.1 Å². The quantitative estimate of drug-likeness (QED) is 0.488. The largest absolute Gasteiger partial charge is 0.280 e. The molecule has 1 aromatic carbocycles. The second kappa shape index (κ2) is 4.59. The number of rotatable bonds is 3. The molecule has 0 saturated heterocycles. The molecule has 0 N–H and O–H groups in total. The molecular weight excluding hydrogens is 266 g/mol. The zero-order valence-corrected chi connectivity index (χ0v) is 10.7. The fraction of sp³-hybridized carbons (Fsp3) is 0.231. The molecule has 0 unspecified atom stereocenters. The highest BCUT2D eigenvalue weighted by Crippen LogP contribution is 2.40. The first-order valence-corrected chi connectivity index (χ1v) is 6.31. The van der Waals surface area contributed by atoms with Crippen LogP contribution in [-0.2, 0) is 0 Å². The average molecular weight is 276 g/mol. The van der Waals surface area contributed by atoms with E-state index in [0.29, 0.717) is 22.5 Å². The Morgan fingerprint density at radius 1 is 1.26 bits per heavy atom. The Kier molecular flexibility index (Phi) is 2.91. The number of para-hydroxylation sites is 1. The smallest absolute Gasteiger partial charge is 0.258 e. The molecule has 0 radical (unpaired) electrons. The minimum Gasteiger partial charge on any atom is -0.258 e. The molecule has 2 aromatic rings. The fourth-order valence-corrected chi connectivity index (χ4v) is 2.16. The molecule has 0 aliphatic heterocycles. The molecule has 19 heavy (non-hydrogen) atoms. The van der Waals surface area contributed by atoms with Gasteiger partial charge in [0.1, 0.15) is 5.15 Å². The summed E-state index contributed by atoms with van der Waals surface area (Å²) in [5.74, 6) is 0.740. The third kappa shape index (κ3) is 2.42. The van der Waals surface area contributed by atoms with E-state index in [2.05, 4.69) is 9.97 Å². The third-order valence-corrected chi connectivity index (χ3v) is 3.25. The number of hydrogen-bond donors (Lipinski definition) is 0. The molecule has 0 amide bonds. The SMILES string of the molecule is O=[N+]([O-])c1ccccc1-c1nc(Cl)cc(C2CC2)n1. The zero-order chi connectivity index (χ0) is 13.4. The first kappa shape index (κ1) is 12.0.